The van der Waals surface area contributed by atoms with Gasteiger partial charge in [-0.2, -0.15) is 0 Å². The van der Waals surface area contributed by atoms with E-state index in [1.165, 1.54) is 12.8 Å². The minimum Gasteiger partial charge on any atom is -0.496 e. The van der Waals surface area contributed by atoms with Crippen LogP contribution in [0.1, 0.15) is 36.0 Å². The van der Waals surface area contributed by atoms with E-state index in [-0.39, 0.29) is 33.0 Å². The standard InChI is InChI=1S/C15H21O4P.Li/c1-17-11-8-9-12(18-2)14(19-3)13(11)15(16)20-10-6-4-5-7-10;/h8-10,20H,4-7H2,1-3H3;. The number of carbonyl (C=O) groups excluding carboxylic acids is 1. The smallest absolute Gasteiger partial charge is 0.188 e. The molecule has 6 heteroatoms. The fourth-order valence-electron chi connectivity index (χ4n) is 2.62. The molecule has 21 heavy (non-hydrogen) atoms. The quantitative estimate of drug-likeness (QED) is 0.598. The maximum Gasteiger partial charge on any atom is 0.188 e. The van der Waals surface area contributed by atoms with Crippen molar-refractivity contribution in [2.24, 2.45) is 0 Å². The molecule has 1 aliphatic rings. The summed E-state index contributed by atoms with van der Waals surface area (Å²) in [6.07, 6.45) is 4.77. The SMILES string of the molecule is COc1ccc(OC)c(C(=O)PC2CCCC2)c1OC.[Li]. The summed E-state index contributed by atoms with van der Waals surface area (Å²) in [5, 5.41) is 0. The van der Waals surface area contributed by atoms with Gasteiger partial charge in [-0.1, -0.05) is 12.8 Å². The number of hydrogen-bond acceptors (Lipinski definition) is 4. The van der Waals surface area contributed by atoms with Gasteiger partial charge in [-0.3, -0.25) is 4.79 Å². The van der Waals surface area contributed by atoms with Crippen LogP contribution in [-0.4, -0.2) is 51.4 Å². The Balaban J connectivity index is 0.00000220. The van der Waals surface area contributed by atoms with E-state index in [1.807, 2.05) is 0 Å². The summed E-state index contributed by atoms with van der Waals surface area (Å²) in [6.45, 7) is 0. The monoisotopic (exact) mass is 303 g/mol. The van der Waals surface area contributed by atoms with Gasteiger partial charge in [0.1, 0.15) is 11.3 Å². The predicted octanol–water partition coefficient (Wildman–Crippen LogP) is 3.09. The Labute approximate surface area is 139 Å². The fourth-order valence-corrected chi connectivity index (χ4v) is 4.07. The second-order valence-corrected chi connectivity index (χ2v) is 6.39. The zero-order valence-corrected chi connectivity index (χ0v) is 14.2. The molecule has 1 saturated carbocycles. The van der Waals surface area contributed by atoms with Gasteiger partial charge >= 0.3 is 0 Å². The van der Waals surface area contributed by atoms with Crippen LogP contribution in [0.15, 0.2) is 12.1 Å². The molecule has 1 unspecified atom stereocenters. The zero-order valence-electron chi connectivity index (χ0n) is 13.2. The van der Waals surface area contributed by atoms with Crippen LogP contribution in [0, 0.1) is 0 Å². The van der Waals surface area contributed by atoms with Crippen LogP contribution in [0.2, 0.25) is 0 Å². The molecule has 0 spiro atoms. The number of rotatable bonds is 6. The second-order valence-electron chi connectivity index (χ2n) is 4.83. The minimum absolute atomic E-state index is 0. The molecule has 1 fully saturated rings. The van der Waals surface area contributed by atoms with Gasteiger partial charge in [0.25, 0.3) is 0 Å². The van der Waals surface area contributed by atoms with Gasteiger partial charge in [0.15, 0.2) is 17.0 Å². The van der Waals surface area contributed by atoms with Crippen molar-refractivity contribution >= 4 is 33.0 Å². The number of ether oxygens (including phenoxy) is 3. The molecule has 1 aliphatic carbocycles. The molecular formula is C15H21LiO4P. The van der Waals surface area contributed by atoms with Crippen LogP contribution in [-0.2, 0) is 0 Å². The van der Waals surface area contributed by atoms with Gasteiger partial charge in [-0.05, 0) is 39.2 Å². The topological polar surface area (TPSA) is 44.8 Å². The third-order valence-electron chi connectivity index (χ3n) is 3.64. The summed E-state index contributed by atoms with van der Waals surface area (Å²) in [6, 6.07) is 3.51. The van der Waals surface area contributed by atoms with Crippen LogP contribution in [0.25, 0.3) is 0 Å². The first-order valence-corrected chi connectivity index (χ1v) is 7.88. The van der Waals surface area contributed by atoms with Crippen LogP contribution < -0.4 is 14.2 Å². The average Bonchev–Trinajstić information content (AvgIpc) is 2.98. The van der Waals surface area contributed by atoms with Crippen LogP contribution in [0.3, 0.4) is 0 Å². The van der Waals surface area contributed by atoms with E-state index < -0.39 is 0 Å². The van der Waals surface area contributed by atoms with E-state index in [2.05, 4.69) is 0 Å². The van der Waals surface area contributed by atoms with Gasteiger partial charge in [-0.15, -0.1) is 0 Å². The molecule has 0 bridgehead atoms. The molecule has 0 aliphatic heterocycles. The largest absolute Gasteiger partial charge is 0.496 e. The molecule has 1 aromatic carbocycles. The van der Waals surface area contributed by atoms with Gasteiger partial charge in [0, 0.05) is 18.9 Å². The van der Waals surface area contributed by atoms with E-state index in [4.69, 9.17) is 14.2 Å². The first kappa shape index (κ1) is 18.4. The van der Waals surface area contributed by atoms with Gasteiger partial charge in [-0.25, -0.2) is 0 Å². The normalized spacial score (nSPS) is 15.0. The Bertz CT molecular complexity index is 487. The number of methoxy groups -OCH3 is 3. The summed E-state index contributed by atoms with van der Waals surface area (Å²) >= 11 is 0. The molecule has 4 nitrogen and oxygen atoms in total. The molecular weight excluding hydrogens is 282 g/mol. The molecule has 1 atom stereocenters. The van der Waals surface area contributed by atoms with Crippen molar-refractivity contribution in [2.45, 2.75) is 31.3 Å². The molecule has 0 heterocycles. The maximum atomic E-state index is 12.6. The van der Waals surface area contributed by atoms with Crippen molar-refractivity contribution in [3.05, 3.63) is 17.7 Å². The third kappa shape index (κ3) is 4.16. The molecule has 0 saturated heterocycles. The Hall–Kier alpha value is -0.683. The van der Waals surface area contributed by atoms with E-state index in [1.54, 1.807) is 33.5 Å². The Morgan fingerprint density at radius 1 is 1.05 bits per heavy atom. The summed E-state index contributed by atoms with van der Waals surface area (Å²) in [5.74, 6) is 1.59. The minimum atomic E-state index is 0. The van der Waals surface area contributed by atoms with E-state index in [9.17, 15) is 4.79 Å². The Morgan fingerprint density at radius 2 is 1.62 bits per heavy atom. The molecule has 1 aromatic rings. The van der Waals surface area contributed by atoms with Crippen molar-refractivity contribution in [1.29, 1.82) is 0 Å². The van der Waals surface area contributed by atoms with Gasteiger partial charge in [0.05, 0.1) is 21.3 Å². The zero-order chi connectivity index (χ0) is 14.5. The third-order valence-corrected chi connectivity index (χ3v) is 5.14. The van der Waals surface area contributed by atoms with Crippen molar-refractivity contribution in [3.63, 3.8) is 0 Å². The maximum absolute atomic E-state index is 12.6. The summed E-state index contributed by atoms with van der Waals surface area (Å²) < 4.78 is 16.0. The first-order chi connectivity index (χ1) is 9.71. The fraction of sp³-hybridized carbons (Fsp3) is 0.533. The van der Waals surface area contributed by atoms with Crippen molar-refractivity contribution < 1.29 is 19.0 Å². The van der Waals surface area contributed by atoms with Crippen LogP contribution in [0.5, 0.6) is 17.2 Å². The Kier molecular flexibility index (Phi) is 7.60. The van der Waals surface area contributed by atoms with Crippen molar-refractivity contribution in [1.82, 2.24) is 0 Å². The average molecular weight is 303 g/mol. The van der Waals surface area contributed by atoms with Crippen molar-refractivity contribution in [3.8, 4) is 17.2 Å². The molecule has 111 valence electrons. The van der Waals surface area contributed by atoms with Gasteiger partial charge < -0.3 is 14.2 Å². The van der Waals surface area contributed by atoms with E-state index >= 15 is 0 Å². The van der Waals surface area contributed by atoms with Crippen molar-refractivity contribution in [2.75, 3.05) is 21.3 Å². The van der Waals surface area contributed by atoms with Crippen LogP contribution in [0.4, 0.5) is 0 Å². The molecule has 0 N–H and O–H groups in total. The Morgan fingerprint density at radius 3 is 2.14 bits per heavy atom. The predicted molar refractivity (Wildman–Crippen MR) is 86.8 cm³/mol. The van der Waals surface area contributed by atoms with E-state index in [0.29, 0.717) is 28.5 Å². The number of hydrogen-bond donors (Lipinski definition) is 0. The summed E-state index contributed by atoms with van der Waals surface area (Å²) in [7, 11) is 4.96. The molecule has 1 radical (unpaired) electrons. The molecule has 0 amide bonds. The molecule has 0 aromatic heterocycles. The summed E-state index contributed by atoms with van der Waals surface area (Å²) in [4.78, 5) is 12.6. The summed E-state index contributed by atoms with van der Waals surface area (Å²) in [5.41, 5.74) is 1.13. The van der Waals surface area contributed by atoms with Crippen LogP contribution >= 0.6 is 8.58 Å². The second kappa shape index (κ2) is 8.69. The first-order valence-electron chi connectivity index (χ1n) is 6.81. The number of benzene rings is 1. The van der Waals surface area contributed by atoms with Gasteiger partial charge in [0.2, 0.25) is 0 Å². The van der Waals surface area contributed by atoms with E-state index in [0.717, 1.165) is 12.8 Å². The molecule has 2 rings (SSSR count). The number of carbonyl (C=O) groups is 1.